The van der Waals surface area contributed by atoms with Crippen molar-refractivity contribution < 1.29 is 4.74 Å². The summed E-state index contributed by atoms with van der Waals surface area (Å²) < 4.78 is 5.45. The molecule has 0 amide bonds. The van der Waals surface area contributed by atoms with Gasteiger partial charge in [-0.2, -0.15) is 0 Å². The fourth-order valence-electron chi connectivity index (χ4n) is 2.49. The molecule has 13 heavy (non-hydrogen) atoms. The van der Waals surface area contributed by atoms with Crippen molar-refractivity contribution in [2.45, 2.75) is 52.2 Å². The lowest BCUT2D eigenvalue weighted by molar-refractivity contribution is -0.00333. The molecule has 0 aliphatic heterocycles. The quantitative estimate of drug-likeness (QED) is 0.715. The summed E-state index contributed by atoms with van der Waals surface area (Å²) in [7, 11) is 1.81. The molecule has 0 aromatic carbocycles. The Kier molecular flexibility index (Phi) is 3.36. The lowest BCUT2D eigenvalue weighted by atomic mass is 9.69. The van der Waals surface area contributed by atoms with Crippen molar-refractivity contribution >= 4 is 0 Å². The molecule has 3 atom stereocenters. The van der Waals surface area contributed by atoms with Crippen LogP contribution in [0.3, 0.4) is 0 Å². The van der Waals surface area contributed by atoms with Crippen molar-refractivity contribution in [3.8, 4) is 0 Å². The summed E-state index contributed by atoms with van der Waals surface area (Å²) in [5.41, 5.74) is 6.35. The number of rotatable bonds is 2. The van der Waals surface area contributed by atoms with Crippen LogP contribution in [-0.4, -0.2) is 19.3 Å². The van der Waals surface area contributed by atoms with Crippen LogP contribution in [0.15, 0.2) is 0 Å². The van der Waals surface area contributed by atoms with Crippen LogP contribution in [0.2, 0.25) is 0 Å². The molecule has 0 aromatic heterocycles. The number of nitrogens with two attached hydrogens (primary N) is 1. The average Bonchev–Trinajstić information content (AvgIpc) is 2.01. The Morgan fingerprint density at radius 3 is 2.46 bits per heavy atom. The van der Waals surface area contributed by atoms with Gasteiger partial charge in [0.05, 0.1) is 6.10 Å². The van der Waals surface area contributed by atoms with Crippen LogP contribution in [0, 0.1) is 11.3 Å². The first-order valence-electron chi connectivity index (χ1n) is 5.23. The molecule has 2 nitrogen and oxygen atoms in total. The van der Waals surface area contributed by atoms with Gasteiger partial charge in [0.15, 0.2) is 0 Å². The van der Waals surface area contributed by atoms with E-state index < -0.39 is 0 Å². The smallest absolute Gasteiger partial charge is 0.0579 e. The summed E-state index contributed by atoms with van der Waals surface area (Å²) in [6.45, 7) is 6.74. The maximum atomic E-state index is 5.95. The lowest BCUT2D eigenvalue weighted by Gasteiger charge is -2.41. The summed E-state index contributed by atoms with van der Waals surface area (Å²) in [5.74, 6) is 0.633. The van der Waals surface area contributed by atoms with Gasteiger partial charge in [-0.05, 0) is 37.5 Å². The second-order valence-electron chi connectivity index (χ2n) is 5.29. The summed E-state index contributed by atoms with van der Waals surface area (Å²) in [5, 5.41) is 0. The highest BCUT2D eigenvalue weighted by molar-refractivity contribution is 4.87. The van der Waals surface area contributed by atoms with E-state index in [1.807, 2.05) is 7.11 Å². The molecule has 0 radical (unpaired) electrons. The van der Waals surface area contributed by atoms with Gasteiger partial charge < -0.3 is 10.5 Å². The van der Waals surface area contributed by atoms with Gasteiger partial charge in [-0.15, -0.1) is 0 Å². The Morgan fingerprint density at radius 2 is 2.00 bits per heavy atom. The third-order valence-corrected chi connectivity index (χ3v) is 3.24. The van der Waals surface area contributed by atoms with Crippen LogP contribution in [0.1, 0.15) is 40.0 Å². The highest BCUT2D eigenvalue weighted by atomic mass is 16.5. The Hall–Kier alpha value is -0.0800. The zero-order valence-corrected chi connectivity index (χ0v) is 9.34. The monoisotopic (exact) mass is 185 g/mol. The number of ether oxygens (including phenoxy) is 1. The largest absolute Gasteiger partial charge is 0.381 e. The van der Waals surface area contributed by atoms with Gasteiger partial charge in [-0.3, -0.25) is 0 Å². The van der Waals surface area contributed by atoms with Crippen LogP contribution < -0.4 is 5.73 Å². The SMILES string of the molecule is COC1CC(C(C)N)CC(C)(C)C1. The van der Waals surface area contributed by atoms with Gasteiger partial charge in [0.25, 0.3) is 0 Å². The predicted molar refractivity (Wildman–Crippen MR) is 55.6 cm³/mol. The van der Waals surface area contributed by atoms with E-state index in [9.17, 15) is 0 Å². The van der Waals surface area contributed by atoms with Crippen molar-refractivity contribution in [2.75, 3.05) is 7.11 Å². The van der Waals surface area contributed by atoms with Crippen molar-refractivity contribution in [2.24, 2.45) is 17.1 Å². The van der Waals surface area contributed by atoms with Gasteiger partial charge in [-0.25, -0.2) is 0 Å². The zero-order valence-electron chi connectivity index (χ0n) is 9.34. The van der Waals surface area contributed by atoms with Gasteiger partial charge in [0.2, 0.25) is 0 Å². The average molecular weight is 185 g/mol. The third-order valence-electron chi connectivity index (χ3n) is 3.24. The highest BCUT2D eigenvalue weighted by Gasteiger charge is 2.35. The molecule has 0 spiro atoms. The molecule has 78 valence electrons. The predicted octanol–water partition coefficient (Wildman–Crippen LogP) is 2.17. The standard InChI is InChI=1S/C11H23NO/c1-8(12)9-5-10(13-4)7-11(2,3)6-9/h8-10H,5-7,12H2,1-4H3. The van der Waals surface area contributed by atoms with Gasteiger partial charge in [-0.1, -0.05) is 13.8 Å². The number of hydrogen-bond donors (Lipinski definition) is 1. The number of methoxy groups -OCH3 is 1. The first kappa shape index (κ1) is 11.0. The zero-order chi connectivity index (χ0) is 10.1. The fraction of sp³-hybridized carbons (Fsp3) is 1.00. The molecule has 1 fully saturated rings. The molecule has 3 unspecified atom stereocenters. The van der Waals surface area contributed by atoms with Crippen molar-refractivity contribution in [3.05, 3.63) is 0 Å². The molecule has 0 bridgehead atoms. The summed E-state index contributed by atoms with van der Waals surface area (Å²) in [4.78, 5) is 0. The second kappa shape index (κ2) is 3.97. The maximum Gasteiger partial charge on any atom is 0.0579 e. The van der Waals surface area contributed by atoms with Crippen LogP contribution in [-0.2, 0) is 4.74 Å². The molecule has 0 aromatic rings. The molecule has 1 saturated carbocycles. The van der Waals surface area contributed by atoms with E-state index in [1.54, 1.807) is 0 Å². The van der Waals surface area contributed by atoms with Crippen LogP contribution in [0.25, 0.3) is 0 Å². The van der Waals surface area contributed by atoms with E-state index >= 15 is 0 Å². The Morgan fingerprint density at radius 1 is 1.38 bits per heavy atom. The normalized spacial score (nSPS) is 35.8. The maximum absolute atomic E-state index is 5.95. The molecule has 0 heterocycles. The fourth-order valence-corrected chi connectivity index (χ4v) is 2.49. The van der Waals surface area contributed by atoms with E-state index in [-0.39, 0.29) is 0 Å². The highest BCUT2D eigenvalue weighted by Crippen LogP contribution is 2.40. The molecule has 1 rings (SSSR count). The molecule has 1 aliphatic rings. The molecule has 2 heteroatoms. The summed E-state index contributed by atoms with van der Waals surface area (Å²) in [6, 6.07) is 0.303. The molecule has 0 saturated heterocycles. The van der Waals surface area contributed by atoms with Gasteiger partial charge >= 0.3 is 0 Å². The van der Waals surface area contributed by atoms with Crippen molar-refractivity contribution in [3.63, 3.8) is 0 Å². The molecular weight excluding hydrogens is 162 g/mol. The first-order valence-corrected chi connectivity index (χ1v) is 5.23. The minimum Gasteiger partial charge on any atom is -0.381 e. The molecule has 2 N–H and O–H groups in total. The minimum atomic E-state index is 0.303. The van der Waals surface area contributed by atoms with E-state index in [4.69, 9.17) is 10.5 Å². The van der Waals surface area contributed by atoms with E-state index in [2.05, 4.69) is 20.8 Å². The Bertz CT molecular complexity index is 165. The molecule has 1 aliphatic carbocycles. The van der Waals surface area contributed by atoms with Crippen LogP contribution in [0.5, 0.6) is 0 Å². The van der Waals surface area contributed by atoms with Crippen LogP contribution >= 0.6 is 0 Å². The van der Waals surface area contributed by atoms with Gasteiger partial charge in [0.1, 0.15) is 0 Å². The van der Waals surface area contributed by atoms with Gasteiger partial charge in [0, 0.05) is 13.2 Å². The second-order valence-corrected chi connectivity index (χ2v) is 5.29. The van der Waals surface area contributed by atoms with Crippen LogP contribution in [0.4, 0.5) is 0 Å². The Labute approximate surface area is 81.8 Å². The summed E-state index contributed by atoms with van der Waals surface area (Å²) >= 11 is 0. The van der Waals surface area contributed by atoms with E-state index in [0.29, 0.717) is 23.5 Å². The first-order chi connectivity index (χ1) is 5.94. The van der Waals surface area contributed by atoms with E-state index in [1.165, 1.54) is 12.8 Å². The Balaban J connectivity index is 2.60. The number of hydrogen-bond acceptors (Lipinski definition) is 2. The van der Waals surface area contributed by atoms with Crippen molar-refractivity contribution in [1.29, 1.82) is 0 Å². The molecular formula is C11H23NO. The van der Waals surface area contributed by atoms with E-state index in [0.717, 1.165) is 6.42 Å². The van der Waals surface area contributed by atoms with Crippen molar-refractivity contribution in [1.82, 2.24) is 0 Å². The third kappa shape index (κ3) is 2.96. The topological polar surface area (TPSA) is 35.2 Å². The lowest BCUT2D eigenvalue weighted by Crippen LogP contribution is -2.40. The minimum absolute atomic E-state index is 0.303. The summed E-state index contributed by atoms with van der Waals surface area (Å²) in [6.07, 6.45) is 3.97.